The second kappa shape index (κ2) is 11.1. The molecule has 2 aromatic carbocycles. The molecule has 45 heavy (non-hydrogen) atoms. The standard InChI is InChI=1S/C31H33N5O9/c1-35(2)18-12-17(33-30(44)34-29(43)13-8-6-5-7-9-13)23(37)20-15(18)10-14-11-16-22(36(3)4)25(39)21(28(32)42)27(41)31(16,45)26(40)19(14)24(20)38/h5-9,12,14,16,22,37-38,41,45H,10-11H2,1-4H3,(H2,32,42)(H2,33,34,43,44)/t14-,16-,22+,31+/m0/s1. The van der Waals surface area contributed by atoms with Crippen LogP contribution in [0.15, 0.2) is 53.3 Å². The van der Waals surface area contributed by atoms with Crippen LogP contribution in [0.4, 0.5) is 16.2 Å². The van der Waals surface area contributed by atoms with Gasteiger partial charge >= 0.3 is 6.03 Å². The molecule has 5 rings (SSSR count). The molecule has 4 atom stereocenters. The van der Waals surface area contributed by atoms with E-state index in [1.54, 1.807) is 37.2 Å². The summed E-state index contributed by atoms with van der Waals surface area (Å²) in [6.07, 6.45) is -0.00201. The smallest absolute Gasteiger partial charge is 0.326 e. The maximum Gasteiger partial charge on any atom is 0.326 e. The second-order valence-corrected chi connectivity index (χ2v) is 11.8. The lowest BCUT2D eigenvalue weighted by atomic mass is 9.57. The number of amides is 4. The fraction of sp³-hybridized carbons (Fsp3) is 0.323. The lowest BCUT2D eigenvalue weighted by Crippen LogP contribution is -2.65. The molecule has 0 aliphatic heterocycles. The number of hydrogen-bond donors (Lipinski definition) is 7. The number of aromatic hydroxyl groups is 1. The maximum absolute atomic E-state index is 14.1. The van der Waals surface area contributed by atoms with Crippen molar-refractivity contribution in [1.82, 2.24) is 10.2 Å². The van der Waals surface area contributed by atoms with Gasteiger partial charge in [0.1, 0.15) is 17.1 Å². The van der Waals surface area contributed by atoms with Gasteiger partial charge in [-0.25, -0.2) is 4.79 Å². The van der Waals surface area contributed by atoms with Gasteiger partial charge in [0.2, 0.25) is 5.78 Å². The van der Waals surface area contributed by atoms with Gasteiger partial charge in [-0.3, -0.25) is 29.4 Å². The number of likely N-dealkylation sites (N-methyl/N-ethyl adjacent to an activating group) is 1. The Kier molecular flexibility index (Phi) is 7.67. The van der Waals surface area contributed by atoms with Crippen LogP contribution in [0.5, 0.6) is 5.75 Å². The molecule has 4 amide bonds. The fourth-order valence-electron chi connectivity index (χ4n) is 6.70. The zero-order chi connectivity index (χ0) is 33.1. The molecule has 8 N–H and O–H groups in total. The predicted molar refractivity (Wildman–Crippen MR) is 161 cm³/mol. The predicted octanol–water partition coefficient (Wildman–Crippen LogP) is 0.992. The van der Waals surface area contributed by atoms with Crippen LogP contribution in [0.25, 0.3) is 5.76 Å². The minimum atomic E-state index is -2.78. The van der Waals surface area contributed by atoms with E-state index in [0.29, 0.717) is 11.3 Å². The first-order valence-corrected chi connectivity index (χ1v) is 14.0. The second-order valence-electron chi connectivity index (χ2n) is 11.8. The number of ketones is 2. The molecule has 1 fully saturated rings. The molecule has 14 heteroatoms. The molecule has 0 saturated heterocycles. The summed E-state index contributed by atoms with van der Waals surface area (Å²) in [7, 11) is 6.42. The highest BCUT2D eigenvalue weighted by Gasteiger charge is 2.64. The van der Waals surface area contributed by atoms with E-state index in [0.717, 1.165) is 0 Å². The Morgan fingerprint density at radius 1 is 1.02 bits per heavy atom. The number of aliphatic hydroxyl groups excluding tert-OH is 2. The number of aliphatic hydroxyl groups is 3. The van der Waals surface area contributed by atoms with Crippen molar-refractivity contribution in [2.24, 2.45) is 17.6 Å². The minimum absolute atomic E-state index is 0.0641. The number of anilines is 2. The average Bonchev–Trinajstić information content (AvgIpc) is 2.96. The number of Topliss-reactive ketones (excluding diaryl/α,β-unsaturated/α-hetero) is 2. The first-order chi connectivity index (χ1) is 21.1. The van der Waals surface area contributed by atoms with Gasteiger partial charge < -0.3 is 36.4 Å². The van der Waals surface area contributed by atoms with Crippen molar-refractivity contribution >= 4 is 46.5 Å². The molecule has 1 saturated carbocycles. The van der Waals surface area contributed by atoms with Crippen molar-refractivity contribution in [3.05, 3.63) is 70.0 Å². The van der Waals surface area contributed by atoms with Crippen LogP contribution in [0.1, 0.15) is 27.9 Å². The lowest BCUT2D eigenvalue weighted by molar-refractivity contribution is -0.153. The molecule has 0 unspecified atom stereocenters. The Bertz CT molecular complexity index is 1730. The summed E-state index contributed by atoms with van der Waals surface area (Å²) in [5.74, 6) is -8.52. The number of rotatable bonds is 5. The van der Waals surface area contributed by atoms with Crippen LogP contribution in [-0.4, -0.2) is 94.6 Å². The Hall–Kier alpha value is -5.21. The molecule has 0 heterocycles. The SMILES string of the molecule is CN(C)c1cc(NC(=O)NC(=O)c2ccccc2)c(O)c2c1C[C@H]1C[C@H]3[C@@H](N(C)C)C(=O)C(C(N)=O)=C(O)[C@]3(O)C(=O)C1=C2O. The summed E-state index contributed by atoms with van der Waals surface area (Å²) in [5.41, 5.74) is 2.03. The number of fused-ring (bicyclic) bond motifs is 3. The quantitative estimate of drug-likeness (QED) is 0.185. The number of hydrogen-bond acceptors (Lipinski definition) is 11. The van der Waals surface area contributed by atoms with Gasteiger partial charge in [-0.2, -0.15) is 0 Å². The van der Waals surface area contributed by atoms with E-state index < -0.39 is 75.7 Å². The third-order valence-electron chi connectivity index (χ3n) is 8.69. The van der Waals surface area contributed by atoms with Gasteiger partial charge in [0.25, 0.3) is 11.8 Å². The number of benzene rings is 2. The highest BCUT2D eigenvalue weighted by Crippen LogP contribution is 2.54. The van der Waals surface area contributed by atoms with Gasteiger partial charge in [0.05, 0.1) is 17.3 Å². The molecule has 2 aromatic rings. The summed E-state index contributed by atoms with van der Waals surface area (Å²) in [6, 6.07) is 7.22. The Balaban J connectivity index is 1.61. The first kappa shape index (κ1) is 31.2. The van der Waals surface area contributed by atoms with E-state index >= 15 is 0 Å². The van der Waals surface area contributed by atoms with E-state index in [9.17, 15) is 44.4 Å². The van der Waals surface area contributed by atoms with Crippen molar-refractivity contribution in [3.63, 3.8) is 0 Å². The zero-order valence-corrected chi connectivity index (χ0v) is 24.9. The number of imide groups is 1. The molecule has 236 valence electrons. The van der Waals surface area contributed by atoms with Crippen molar-refractivity contribution in [1.29, 1.82) is 0 Å². The van der Waals surface area contributed by atoms with Crippen LogP contribution in [0, 0.1) is 11.8 Å². The van der Waals surface area contributed by atoms with Gasteiger partial charge in [-0.15, -0.1) is 0 Å². The monoisotopic (exact) mass is 619 g/mol. The number of nitrogens with zero attached hydrogens (tertiary/aromatic N) is 2. The number of urea groups is 1. The summed E-state index contributed by atoms with van der Waals surface area (Å²) in [6.45, 7) is 0. The number of carbonyl (C=O) groups is 5. The molecule has 3 aliphatic rings. The Morgan fingerprint density at radius 2 is 1.67 bits per heavy atom. The number of carbonyl (C=O) groups excluding carboxylic acids is 5. The van der Waals surface area contributed by atoms with Crippen LogP contribution >= 0.6 is 0 Å². The van der Waals surface area contributed by atoms with Crippen LogP contribution < -0.4 is 21.3 Å². The topological polar surface area (TPSA) is 223 Å². The van der Waals surface area contributed by atoms with Gasteiger partial charge in [-0.1, -0.05) is 18.2 Å². The van der Waals surface area contributed by atoms with Crippen molar-refractivity contribution in [3.8, 4) is 5.75 Å². The van der Waals surface area contributed by atoms with Crippen molar-refractivity contribution in [2.75, 3.05) is 38.4 Å². The van der Waals surface area contributed by atoms with Crippen LogP contribution in [0.2, 0.25) is 0 Å². The third kappa shape index (κ3) is 4.78. The van der Waals surface area contributed by atoms with Gasteiger partial charge in [0, 0.05) is 36.8 Å². The van der Waals surface area contributed by atoms with Crippen LogP contribution in [0.3, 0.4) is 0 Å². The van der Waals surface area contributed by atoms with Gasteiger partial charge in [0.15, 0.2) is 17.1 Å². The number of primary amides is 1. The highest BCUT2D eigenvalue weighted by atomic mass is 16.3. The van der Waals surface area contributed by atoms with E-state index in [2.05, 4.69) is 10.6 Å². The summed E-state index contributed by atoms with van der Waals surface area (Å²) in [4.78, 5) is 67.9. The number of nitrogens with two attached hydrogens (primary N) is 1. The third-order valence-corrected chi connectivity index (χ3v) is 8.69. The number of phenols is 1. The maximum atomic E-state index is 14.1. The summed E-state index contributed by atoms with van der Waals surface area (Å²) < 4.78 is 0. The lowest BCUT2D eigenvalue weighted by Gasteiger charge is -2.50. The molecule has 0 spiro atoms. The normalized spacial score (nSPS) is 24.1. The fourth-order valence-corrected chi connectivity index (χ4v) is 6.70. The molecule has 0 bridgehead atoms. The molecule has 14 nitrogen and oxygen atoms in total. The Labute approximate surface area is 257 Å². The molecule has 0 aromatic heterocycles. The molecular formula is C31H33N5O9. The van der Waals surface area contributed by atoms with Crippen molar-refractivity contribution in [2.45, 2.75) is 24.5 Å². The van der Waals surface area contributed by atoms with E-state index in [1.165, 1.54) is 37.2 Å². The molecular weight excluding hydrogens is 586 g/mol. The zero-order valence-electron chi connectivity index (χ0n) is 24.9. The van der Waals surface area contributed by atoms with Crippen LogP contribution in [-0.2, 0) is 20.8 Å². The van der Waals surface area contributed by atoms with Crippen molar-refractivity contribution < 1.29 is 44.4 Å². The highest BCUT2D eigenvalue weighted by molar-refractivity contribution is 6.24. The number of phenolic OH excluding ortho intramolecular Hbond substituents is 1. The summed E-state index contributed by atoms with van der Waals surface area (Å²) >= 11 is 0. The van der Waals surface area contributed by atoms with E-state index in [-0.39, 0.29) is 35.2 Å². The minimum Gasteiger partial charge on any atom is -0.508 e. The van der Waals surface area contributed by atoms with E-state index in [4.69, 9.17) is 5.73 Å². The summed E-state index contributed by atoms with van der Waals surface area (Å²) in [5, 5.41) is 50.3. The molecule has 3 aliphatic carbocycles. The number of nitrogens with one attached hydrogen (secondary N) is 2. The van der Waals surface area contributed by atoms with E-state index in [1.807, 2.05) is 0 Å². The van der Waals surface area contributed by atoms with Gasteiger partial charge in [-0.05, 0) is 56.6 Å². The largest absolute Gasteiger partial charge is 0.508 e. The molecule has 0 radical (unpaired) electrons. The average molecular weight is 620 g/mol. The Morgan fingerprint density at radius 3 is 2.24 bits per heavy atom. The first-order valence-electron chi connectivity index (χ1n) is 14.0.